The lowest BCUT2D eigenvalue weighted by molar-refractivity contribution is -0.135. The minimum Gasteiger partial charge on any atom is -0.493 e. The van der Waals surface area contributed by atoms with Crippen molar-refractivity contribution in [3.63, 3.8) is 0 Å². The van der Waals surface area contributed by atoms with Crippen molar-refractivity contribution in [2.45, 2.75) is 38.8 Å². The first kappa shape index (κ1) is 20.7. The van der Waals surface area contributed by atoms with E-state index in [1.54, 1.807) is 26.4 Å². The molecule has 0 spiro atoms. The maximum atomic E-state index is 12.9. The number of benzene rings is 2. The van der Waals surface area contributed by atoms with Gasteiger partial charge in [0.1, 0.15) is 0 Å². The fourth-order valence-corrected chi connectivity index (χ4v) is 4.02. The highest BCUT2D eigenvalue weighted by Gasteiger charge is 2.36. The number of fused-ring (bicyclic) bond motifs is 1. The Kier molecular flexibility index (Phi) is 6.11. The number of hydrogen-bond donors (Lipinski definition) is 0. The maximum Gasteiger partial charge on any atom is 0.337 e. The molecule has 29 heavy (non-hydrogen) atoms. The van der Waals surface area contributed by atoms with E-state index in [9.17, 15) is 9.59 Å². The highest BCUT2D eigenvalue weighted by molar-refractivity contribution is 5.89. The number of carbonyl (C=O) groups is 2. The normalized spacial score (nSPS) is 18.0. The van der Waals surface area contributed by atoms with Crippen molar-refractivity contribution in [3.8, 4) is 11.5 Å². The molecule has 1 aliphatic rings. The number of ether oxygens (including phenoxy) is 3. The van der Waals surface area contributed by atoms with Crippen molar-refractivity contribution >= 4 is 11.9 Å². The number of esters is 1. The van der Waals surface area contributed by atoms with E-state index in [1.165, 1.54) is 7.11 Å². The Morgan fingerprint density at radius 3 is 2.21 bits per heavy atom. The van der Waals surface area contributed by atoms with E-state index in [1.807, 2.05) is 36.1 Å². The van der Waals surface area contributed by atoms with Crippen LogP contribution in [0.3, 0.4) is 0 Å². The third kappa shape index (κ3) is 3.79. The SMILES string of the molecule is CCC(=O)N1[C@@H](c2ccc(C(=O)OC)cc2)c2cc(OC)c(OC)cc2C[C@@H]1C. The molecule has 0 bridgehead atoms. The van der Waals surface area contributed by atoms with Crippen LogP contribution in [-0.4, -0.2) is 44.1 Å². The van der Waals surface area contributed by atoms with E-state index in [4.69, 9.17) is 14.2 Å². The van der Waals surface area contributed by atoms with Gasteiger partial charge in [-0.3, -0.25) is 4.79 Å². The molecule has 2 aromatic carbocycles. The minimum absolute atomic E-state index is 0.0262. The summed E-state index contributed by atoms with van der Waals surface area (Å²) in [7, 11) is 4.58. The van der Waals surface area contributed by atoms with Gasteiger partial charge in [-0.25, -0.2) is 4.79 Å². The van der Waals surface area contributed by atoms with E-state index >= 15 is 0 Å². The smallest absolute Gasteiger partial charge is 0.337 e. The molecule has 0 N–H and O–H groups in total. The van der Waals surface area contributed by atoms with Gasteiger partial charge in [-0.1, -0.05) is 19.1 Å². The van der Waals surface area contributed by atoms with Crippen LogP contribution in [0.15, 0.2) is 36.4 Å². The average molecular weight is 397 g/mol. The Hall–Kier alpha value is -3.02. The van der Waals surface area contributed by atoms with Gasteiger partial charge in [0, 0.05) is 12.5 Å². The van der Waals surface area contributed by atoms with Crippen molar-refractivity contribution in [1.29, 1.82) is 0 Å². The van der Waals surface area contributed by atoms with Crippen LogP contribution in [0.25, 0.3) is 0 Å². The quantitative estimate of drug-likeness (QED) is 0.719. The predicted octanol–water partition coefficient (Wildman–Crippen LogP) is 3.76. The Morgan fingerprint density at radius 1 is 1.03 bits per heavy atom. The zero-order chi connectivity index (χ0) is 21.1. The van der Waals surface area contributed by atoms with Gasteiger partial charge in [0.15, 0.2) is 11.5 Å². The van der Waals surface area contributed by atoms with E-state index in [0.717, 1.165) is 23.1 Å². The van der Waals surface area contributed by atoms with Gasteiger partial charge in [-0.15, -0.1) is 0 Å². The number of methoxy groups -OCH3 is 3. The highest BCUT2D eigenvalue weighted by Crippen LogP contribution is 2.43. The van der Waals surface area contributed by atoms with Gasteiger partial charge in [0.05, 0.1) is 32.9 Å². The number of amides is 1. The van der Waals surface area contributed by atoms with Crippen LogP contribution in [0.5, 0.6) is 11.5 Å². The summed E-state index contributed by atoms with van der Waals surface area (Å²) < 4.78 is 15.8. The lowest BCUT2D eigenvalue weighted by atomic mass is 9.84. The Bertz CT molecular complexity index is 906. The van der Waals surface area contributed by atoms with Crippen molar-refractivity contribution in [3.05, 3.63) is 58.7 Å². The van der Waals surface area contributed by atoms with Crippen LogP contribution in [0.1, 0.15) is 53.4 Å². The molecule has 2 aromatic rings. The molecule has 0 unspecified atom stereocenters. The standard InChI is InChI=1S/C23H27NO5/c1-6-21(25)24-14(2)11-17-12-19(27-3)20(28-4)13-18(17)22(24)15-7-9-16(10-8-15)23(26)29-5/h7-10,12-14,22H,6,11H2,1-5H3/t14-,22-/m0/s1. The number of hydrogen-bond acceptors (Lipinski definition) is 5. The zero-order valence-corrected chi connectivity index (χ0v) is 17.5. The summed E-state index contributed by atoms with van der Waals surface area (Å²) in [6.45, 7) is 3.93. The van der Waals surface area contributed by atoms with E-state index < -0.39 is 0 Å². The summed E-state index contributed by atoms with van der Waals surface area (Å²) >= 11 is 0. The predicted molar refractivity (Wildman–Crippen MR) is 109 cm³/mol. The molecule has 2 atom stereocenters. The first-order chi connectivity index (χ1) is 13.9. The molecule has 154 valence electrons. The van der Waals surface area contributed by atoms with Crippen LogP contribution in [0.4, 0.5) is 0 Å². The molecule has 6 heteroatoms. The molecule has 3 rings (SSSR count). The third-order valence-corrected chi connectivity index (χ3v) is 5.45. The second-order valence-electron chi connectivity index (χ2n) is 7.13. The third-order valence-electron chi connectivity index (χ3n) is 5.45. The molecule has 1 heterocycles. The maximum absolute atomic E-state index is 12.9. The fourth-order valence-electron chi connectivity index (χ4n) is 4.02. The van der Waals surface area contributed by atoms with Gasteiger partial charge in [0.25, 0.3) is 0 Å². The summed E-state index contributed by atoms with van der Waals surface area (Å²) in [5.41, 5.74) is 3.53. The van der Waals surface area contributed by atoms with E-state index in [-0.39, 0.29) is 24.0 Å². The first-order valence-corrected chi connectivity index (χ1v) is 9.69. The van der Waals surface area contributed by atoms with Crippen molar-refractivity contribution < 1.29 is 23.8 Å². The first-order valence-electron chi connectivity index (χ1n) is 9.69. The number of carbonyl (C=O) groups excluding carboxylic acids is 2. The molecule has 0 aromatic heterocycles. The van der Waals surface area contributed by atoms with Crippen LogP contribution < -0.4 is 9.47 Å². The Labute approximate surface area is 171 Å². The summed E-state index contributed by atoms with van der Waals surface area (Å²) in [6, 6.07) is 10.9. The van der Waals surface area contributed by atoms with E-state index in [0.29, 0.717) is 23.5 Å². The summed E-state index contributed by atoms with van der Waals surface area (Å²) in [5, 5.41) is 0. The molecule has 0 saturated carbocycles. The van der Waals surface area contributed by atoms with Gasteiger partial charge in [0.2, 0.25) is 5.91 Å². The highest BCUT2D eigenvalue weighted by atomic mass is 16.5. The fraction of sp³-hybridized carbons (Fsp3) is 0.391. The van der Waals surface area contributed by atoms with Gasteiger partial charge < -0.3 is 19.1 Å². The second-order valence-corrected chi connectivity index (χ2v) is 7.13. The molecule has 0 saturated heterocycles. The summed E-state index contributed by atoms with van der Waals surface area (Å²) in [6.07, 6.45) is 1.15. The molecule has 1 aliphatic heterocycles. The summed E-state index contributed by atoms with van der Waals surface area (Å²) in [4.78, 5) is 26.6. The Morgan fingerprint density at radius 2 is 1.66 bits per heavy atom. The van der Waals surface area contributed by atoms with Gasteiger partial charge >= 0.3 is 5.97 Å². The van der Waals surface area contributed by atoms with Crippen LogP contribution >= 0.6 is 0 Å². The topological polar surface area (TPSA) is 65.1 Å². The lowest BCUT2D eigenvalue weighted by Crippen LogP contribution is -2.46. The molecular formula is C23H27NO5. The number of rotatable bonds is 5. The lowest BCUT2D eigenvalue weighted by Gasteiger charge is -2.42. The average Bonchev–Trinajstić information content (AvgIpc) is 2.76. The van der Waals surface area contributed by atoms with Crippen LogP contribution in [0, 0.1) is 0 Å². The molecule has 6 nitrogen and oxygen atoms in total. The summed E-state index contributed by atoms with van der Waals surface area (Å²) in [5.74, 6) is 0.997. The molecule has 1 amide bonds. The Balaban J connectivity index is 2.16. The molecular weight excluding hydrogens is 370 g/mol. The van der Waals surface area contributed by atoms with E-state index in [2.05, 4.69) is 6.92 Å². The second kappa shape index (κ2) is 8.55. The van der Waals surface area contributed by atoms with Gasteiger partial charge in [-0.05, 0) is 54.3 Å². The van der Waals surface area contributed by atoms with Crippen LogP contribution in [0.2, 0.25) is 0 Å². The van der Waals surface area contributed by atoms with Crippen molar-refractivity contribution in [2.24, 2.45) is 0 Å². The number of nitrogens with zero attached hydrogens (tertiary/aromatic N) is 1. The monoisotopic (exact) mass is 397 g/mol. The van der Waals surface area contributed by atoms with Crippen molar-refractivity contribution in [1.82, 2.24) is 4.90 Å². The molecule has 0 fully saturated rings. The zero-order valence-electron chi connectivity index (χ0n) is 17.5. The van der Waals surface area contributed by atoms with Gasteiger partial charge in [-0.2, -0.15) is 0 Å². The van der Waals surface area contributed by atoms with Crippen molar-refractivity contribution in [2.75, 3.05) is 21.3 Å². The molecule has 0 aliphatic carbocycles. The molecule has 0 radical (unpaired) electrons. The van der Waals surface area contributed by atoms with Crippen LogP contribution in [-0.2, 0) is 16.0 Å². The largest absolute Gasteiger partial charge is 0.493 e. The minimum atomic E-state index is -0.387.